The second-order valence-electron chi connectivity index (χ2n) is 2.26. The lowest BCUT2D eigenvalue weighted by atomic mass is 10.2. The third-order valence-electron chi connectivity index (χ3n) is 1.29. The summed E-state index contributed by atoms with van der Waals surface area (Å²) in [4.78, 5) is 10.7. The summed E-state index contributed by atoms with van der Waals surface area (Å²) in [6.45, 7) is 4.45. The van der Waals surface area contributed by atoms with Crippen molar-refractivity contribution in [2.45, 2.75) is 39.5 Å². The predicted octanol–water partition coefficient (Wildman–Crippen LogP) is 0.946. The van der Waals surface area contributed by atoms with Gasteiger partial charge < -0.3 is 4.74 Å². The van der Waals surface area contributed by atoms with E-state index in [0.29, 0.717) is 13.0 Å². The van der Waals surface area contributed by atoms with E-state index in [4.69, 9.17) is 4.74 Å². The minimum atomic E-state index is -0.0593. The van der Waals surface area contributed by atoms with E-state index in [-0.39, 0.29) is 23.3 Å². The largest absolute Gasteiger partial charge is 0.466 e. The average molecular weight is 174 g/mol. The molecule has 0 spiro atoms. The predicted molar refractivity (Wildman–Crippen MR) is 50.7 cm³/mol. The molecule has 0 N–H and O–H groups in total. The maximum Gasteiger partial charge on any atom is 0.305 e. The molecule has 0 radical (unpaired) electrons. The van der Waals surface area contributed by atoms with Gasteiger partial charge in [0.05, 0.1) is 6.61 Å². The lowest BCUT2D eigenvalue weighted by Gasteiger charge is -1.99. The maximum atomic E-state index is 10.7. The van der Waals surface area contributed by atoms with Crippen LogP contribution in [0.1, 0.15) is 39.5 Å². The van der Waals surface area contributed by atoms with Gasteiger partial charge in [0.1, 0.15) is 0 Å². The molecule has 0 heterocycles. The lowest BCUT2D eigenvalue weighted by Crippen LogP contribution is -2.02. The number of carbonyl (C=O) groups is 1. The molecule has 0 aliphatic heterocycles. The zero-order valence-electron chi connectivity index (χ0n) is 6.85. The molecule has 11 heavy (non-hydrogen) atoms. The Morgan fingerprint density at radius 1 is 1.27 bits per heavy atom. The van der Waals surface area contributed by atoms with Gasteiger partial charge in [-0.15, -0.1) is 0 Å². The maximum absolute atomic E-state index is 10.7. The second kappa shape index (κ2) is 10.0. The highest BCUT2D eigenvalue weighted by Gasteiger charge is 1.98. The van der Waals surface area contributed by atoms with Crippen molar-refractivity contribution in [1.29, 1.82) is 0 Å². The van der Waals surface area contributed by atoms with Gasteiger partial charge in [0.2, 0.25) is 0 Å². The van der Waals surface area contributed by atoms with E-state index in [1.165, 1.54) is 0 Å². The van der Waals surface area contributed by atoms with Crippen molar-refractivity contribution in [2.75, 3.05) is 6.61 Å². The van der Waals surface area contributed by atoms with E-state index >= 15 is 0 Å². The quantitative estimate of drug-likeness (QED) is 0.352. The normalized spacial score (nSPS) is 8.55. The molecule has 0 bridgehead atoms. The zero-order chi connectivity index (χ0) is 7.82. The highest BCUT2D eigenvalue weighted by Crippen LogP contribution is 1.99. The molecule has 0 unspecified atom stereocenters. The Bertz CT molecular complexity index is 94.1. The molecule has 2 nitrogen and oxygen atoms in total. The van der Waals surface area contributed by atoms with E-state index < -0.39 is 0 Å². The van der Waals surface area contributed by atoms with Crippen LogP contribution in [0.5, 0.6) is 0 Å². The van der Waals surface area contributed by atoms with Gasteiger partial charge in [-0.25, -0.2) is 0 Å². The smallest absolute Gasteiger partial charge is 0.305 e. The van der Waals surface area contributed by atoms with Crippen molar-refractivity contribution in [3.05, 3.63) is 0 Å². The van der Waals surface area contributed by atoms with Gasteiger partial charge in [-0.3, -0.25) is 4.79 Å². The Labute approximate surface area is 79.4 Å². The lowest BCUT2D eigenvalue weighted by molar-refractivity contribution is -0.143. The van der Waals surface area contributed by atoms with Crippen molar-refractivity contribution >= 4 is 23.3 Å². The van der Waals surface area contributed by atoms with Crippen LogP contribution < -0.4 is 0 Å². The number of hydrogen-bond acceptors (Lipinski definition) is 2. The Balaban J connectivity index is 0. The Morgan fingerprint density at radius 2 is 1.91 bits per heavy atom. The van der Waals surface area contributed by atoms with Crippen molar-refractivity contribution in [2.24, 2.45) is 0 Å². The van der Waals surface area contributed by atoms with Gasteiger partial charge in [-0.2, -0.15) is 0 Å². The topological polar surface area (TPSA) is 26.3 Å². The fourth-order valence-electron chi connectivity index (χ4n) is 0.752. The third kappa shape index (κ3) is 10.0. The van der Waals surface area contributed by atoms with Gasteiger partial charge in [0, 0.05) is 6.42 Å². The summed E-state index contributed by atoms with van der Waals surface area (Å²) >= 11 is 0. The van der Waals surface area contributed by atoms with Crippen LogP contribution in [0.2, 0.25) is 0 Å². The minimum absolute atomic E-state index is 0. The molecule has 0 atom stereocenters. The van der Waals surface area contributed by atoms with Crippen LogP contribution in [0.25, 0.3) is 0 Å². The van der Waals surface area contributed by atoms with Crippen molar-refractivity contribution in [1.82, 2.24) is 0 Å². The molecule has 0 aliphatic carbocycles. The van der Waals surface area contributed by atoms with Gasteiger partial charge in [-0.05, 0) is 13.3 Å². The van der Waals surface area contributed by atoms with Gasteiger partial charge >= 0.3 is 5.97 Å². The van der Waals surface area contributed by atoms with Crippen molar-refractivity contribution in [3.63, 3.8) is 0 Å². The van der Waals surface area contributed by atoms with Crippen LogP contribution in [0.4, 0.5) is 0 Å². The SMILES string of the molecule is CCCCCC(=O)OCC.[AlH3]. The summed E-state index contributed by atoms with van der Waals surface area (Å²) in [5.41, 5.74) is 0. The highest BCUT2D eigenvalue weighted by atomic mass is 27.0. The Morgan fingerprint density at radius 3 is 2.36 bits per heavy atom. The summed E-state index contributed by atoms with van der Waals surface area (Å²) in [6, 6.07) is 0. The summed E-state index contributed by atoms with van der Waals surface area (Å²) in [7, 11) is 0. The van der Waals surface area contributed by atoms with Crippen molar-refractivity contribution in [3.8, 4) is 0 Å². The first kappa shape index (κ1) is 13.6. The van der Waals surface area contributed by atoms with Crippen LogP contribution in [0.15, 0.2) is 0 Å². The summed E-state index contributed by atoms with van der Waals surface area (Å²) in [5, 5.41) is 0. The first-order valence-corrected chi connectivity index (χ1v) is 3.96. The van der Waals surface area contributed by atoms with Gasteiger partial charge in [0.15, 0.2) is 17.4 Å². The van der Waals surface area contributed by atoms with Crippen LogP contribution in [0, 0.1) is 0 Å². The third-order valence-corrected chi connectivity index (χ3v) is 1.29. The van der Waals surface area contributed by atoms with E-state index in [2.05, 4.69) is 6.92 Å². The number of carbonyl (C=O) groups excluding carboxylic acids is 1. The zero-order valence-corrected chi connectivity index (χ0v) is 6.85. The number of rotatable bonds is 5. The molecular weight excluding hydrogens is 155 g/mol. The summed E-state index contributed by atoms with van der Waals surface area (Å²) < 4.78 is 4.75. The van der Waals surface area contributed by atoms with Crippen LogP contribution in [-0.4, -0.2) is 29.9 Å². The fourth-order valence-corrected chi connectivity index (χ4v) is 0.752. The van der Waals surface area contributed by atoms with Crippen LogP contribution >= 0.6 is 0 Å². The number of esters is 1. The molecular formula is C8H19AlO2. The van der Waals surface area contributed by atoms with E-state index in [1.54, 1.807) is 0 Å². The minimum Gasteiger partial charge on any atom is -0.466 e. The van der Waals surface area contributed by atoms with Gasteiger partial charge in [0.25, 0.3) is 0 Å². The standard InChI is InChI=1S/C8H16O2.Al.3H/c1-3-5-6-7-8(9)10-4-2;;;;/h3-7H2,1-2H3;;;;. The summed E-state index contributed by atoms with van der Waals surface area (Å²) in [6.07, 6.45) is 3.83. The molecule has 0 rings (SSSR count). The number of ether oxygens (including phenoxy) is 1. The molecule has 0 aromatic carbocycles. The molecule has 0 aliphatic rings. The molecule has 0 saturated heterocycles. The molecule has 0 saturated carbocycles. The van der Waals surface area contributed by atoms with Crippen LogP contribution in [-0.2, 0) is 9.53 Å². The summed E-state index contributed by atoms with van der Waals surface area (Å²) in [5.74, 6) is -0.0593. The van der Waals surface area contributed by atoms with Crippen LogP contribution in [0.3, 0.4) is 0 Å². The monoisotopic (exact) mass is 174 g/mol. The van der Waals surface area contributed by atoms with E-state index in [0.717, 1.165) is 19.3 Å². The Kier molecular flexibility index (Phi) is 12.4. The van der Waals surface area contributed by atoms with Gasteiger partial charge in [-0.1, -0.05) is 19.8 Å². The molecule has 0 amide bonds. The second-order valence-corrected chi connectivity index (χ2v) is 2.26. The number of unbranched alkanes of at least 4 members (excludes halogenated alkanes) is 2. The average Bonchev–Trinajstić information content (AvgIpc) is 1.89. The molecule has 0 aromatic heterocycles. The first-order valence-electron chi connectivity index (χ1n) is 3.96. The van der Waals surface area contributed by atoms with E-state index in [9.17, 15) is 4.79 Å². The first-order chi connectivity index (χ1) is 4.81. The molecule has 0 aromatic rings. The number of hydrogen-bond donors (Lipinski definition) is 0. The fraction of sp³-hybridized carbons (Fsp3) is 0.875. The Hall–Kier alpha value is 0.00247. The molecule has 0 fully saturated rings. The molecule has 66 valence electrons. The highest BCUT2D eigenvalue weighted by molar-refractivity contribution is 5.75. The molecule has 3 heteroatoms. The van der Waals surface area contributed by atoms with E-state index in [1.807, 2.05) is 6.92 Å². The van der Waals surface area contributed by atoms with Crippen molar-refractivity contribution < 1.29 is 9.53 Å².